The topological polar surface area (TPSA) is 93.5 Å². The Balaban J connectivity index is 1.46. The summed E-state index contributed by atoms with van der Waals surface area (Å²) >= 11 is 0. The van der Waals surface area contributed by atoms with Crippen LogP contribution < -0.4 is 10.6 Å². The largest absolute Gasteiger partial charge is 0.383 e. The van der Waals surface area contributed by atoms with E-state index in [9.17, 15) is 14.9 Å². The molecule has 0 aromatic heterocycles. The molecule has 4 saturated carbocycles. The predicted molar refractivity (Wildman–Crippen MR) is 111 cm³/mol. The summed E-state index contributed by atoms with van der Waals surface area (Å²) in [5, 5.41) is 17.7. The number of amides is 1. The van der Waals surface area contributed by atoms with Crippen LogP contribution in [0, 0.1) is 33.3 Å². The third-order valence-electron chi connectivity index (χ3n) is 7.43. The lowest BCUT2D eigenvalue weighted by Crippen LogP contribution is -2.55. The van der Waals surface area contributed by atoms with Crippen molar-refractivity contribution < 1.29 is 14.5 Å². The number of nitrogens with one attached hydrogen (secondary N) is 2. The van der Waals surface area contributed by atoms with Gasteiger partial charge in [-0.2, -0.15) is 0 Å². The van der Waals surface area contributed by atoms with Crippen LogP contribution in [0.2, 0.25) is 0 Å². The zero-order valence-electron chi connectivity index (χ0n) is 17.3. The highest BCUT2D eigenvalue weighted by molar-refractivity contribution is 5.96. The van der Waals surface area contributed by atoms with Crippen molar-refractivity contribution in [3.63, 3.8) is 0 Å². The fraction of sp³-hybridized carbons (Fsp3) is 0.682. The second-order valence-electron chi connectivity index (χ2n) is 9.38. The molecule has 0 aliphatic heterocycles. The first kappa shape index (κ1) is 20.1. The van der Waals surface area contributed by atoms with E-state index >= 15 is 0 Å². The van der Waals surface area contributed by atoms with Crippen molar-refractivity contribution in [3.8, 4) is 0 Å². The molecule has 0 radical (unpaired) electrons. The number of carbonyl (C=O) groups is 1. The van der Waals surface area contributed by atoms with Gasteiger partial charge in [0.1, 0.15) is 5.69 Å². The number of carbonyl (C=O) groups excluding carboxylic acids is 1. The molecule has 7 nitrogen and oxygen atoms in total. The minimum atomic E-state index is -0.450. The third kappa shape index (κ3) is 3.97. The number of hydrogen-bond donors (Lipinski definition) is 2. The molecule has 4 aliphatic rings. The normalized spacial score (nSPS) is 30.8. The standard InChI is InChI=1S/C22H31N3O4/c1-14(22-11-15-7-16(12-22)9-17(8-15)13-22)24-21(26)18-3-4-19(23-5-6-29-2)20(10-18)25(27)28/h3-4,10,14-17,23H,5-9,11-13H2,1-2H3,(H,24,26)/t14-,15?,16?,17?,22?/m0/s1. The number of rotatable bonds is 8. The average Bonchev–Trinajstić information content (AvgIpc) is 2.67. The number of nitrogens with zero attached hydrogens (tertiary/aromatic N) is 1. The van der Waals surface area contributed by atoms with Crippen LogP contribution in [-0.4, -0.2) is 37.1 Å². The Labute approximate surface area is 171 Å². The summed E-state index contributed by atoms with van der Waals surface area (Å²) in [7, 11) is 1.58. The minimum Gasteiger partial charge on any atom is -0.383 e. The highest BCUT2D eigenvalue weighted by Crippen LogP contribution is 2.61. The van der Waals surface area contributed by atoms with Crippen LogP contribution in [0.4, 0.5) is 11.4 Å². The van der Waals surface area contributed by atoms with Gasteiger partial charge < -0.3 is 15.4 Å². The summed E-state index contributed by atoms with van der Waals surface area (Å²) in [5.41, 5.74) is 0.859. The van der Waals surface area contributed by atoms with Gasteiger partial charge in [-0.15, -0.1) is 0 Å². The first-order valence-electron chi connectivity index (χ1n) is 10.7. The maximum absolute atomic E-state index is 12.9. The lowest BCUT2D eigenvalue weighted by atomic mass is 9.48. The molecule has 0 saturated heterocycles. The van der Waals surface area contributed by atoms with Gasteiger partial charge in [0, 0.05) is 31.3 Å². The minimum absolute atomic E-state index is 0.0851. The summed E-state index contributed by atoms with van der Waals surface area (Å²) in [6, 6.07) is 4.72. The Kier molecular flexibility index (Phi) is 5.51. The monoisotopic (exact) mass is 401 g/mol. The van der Waals surface area contributed by atoms with E-state index in [1.54, 1.807) is 19.2 Å². The number of anilines is 1. The van der Waals surface area contributed by atoms with Gasteiger partial charge in [-0.05, 0) is 80.8 Å². The Morgan fingerprint density at radius 1 is 1.24 bits per heavy atom. The molecule has 1 atom stereocenters. The van der Waals surface area contributed by atoms with Gasteiger partial charge in [-0.25, -0.2) is 0 Å². The molecule has 1 aromatic rings. The number of nitro benzene ring substituents is 1. The van der Waals surface area contributed by atoms with Gasteiger partial charge in [-0.3, -0.25) is 14.9 Å². The molecule has 0 unspecified atom stereocenters. The van der Waals surface area contributed by atoms with Gasteiger partial charge in [0.15, 0.2) is 0 Å². The molecule has 1 aromatic carbocycles. The van der Waals surface area contributed by atoms with E-state index in [-0.39, 0.29) is 23.1 Å². The smallest absolute Gasteiger partial charge is 0.293 e. The van der Waals surface area contributed by atoms with Crippen molar-refractivity contribution >= 4 is 17.3 Å². The molecule has 4 aliphatic carbocycles. The molecule has 158 valence electrons. The van der Waals surface area contributed by atoms with Crippen molar-refractivity contribution in [2.45, 2.75) is 51.5 Å². The van der Waals surface area contributed by atoms with Crippen LogP contribution in [0.15, 0.2) is 18.2 Å². The predicted octanol–water partition coefficient (Wildman–Crippen LogP) is 3.99. The van der Waals surface area contributed by atoms with Crippen molar-refractivity contribution in [1.82, 2.24) is 5.32 Å². The fourth-order valence-corrected chi connectivity index (χ4v) is 6.40. The van der Waals surface area contributed by atoms with Gasteiger partial charge in [0.2, 0.25) is 0 Å². The van der Waals surface area contributed by atoms with Crippen molar-refractivity contribution in [1.29, 1.82) is 0 Å². The first-order chi connectivity index (χ1) is 13.9. The zero-order valence-corrected chi connectivity index (χ0v) is 17.3. The van der Waals surface area contributed by atoms with Crippen molar-refractivity contribution in [2.75, 3.05) is 25.6 Å². The Hall–Kier alpha value is -2.15. The molecule has 4 fully saturated rings. The van der Waals surface area contributed by atoms with E-state index in [0.717, 1.165) is 17.8 Å². The molecule has 1 amide bonds. The summed E-state index contributed by atoms with van der Waals surface area (Å²) < 4.78 is 4.97. The third-order valence-corrected chi connectivity index (χ3v) is 7.43. The molecule has 5 rings (SSSR count). The molecular weight excluding hydrogens is 370 g/mol. The Morgan fingerprint density at radius 2 is 1.86 bits per heavy atom. The fourth-order valence-electron chi connectivity index (χ4n) is 6.40. The lowest BCUT2D eigenvalue weighted by Gasteiger charge is -2.59. The van der Waals surface area contributed by atoms with E-state index in [0.29, 0.717) is 24.4 Å². The van der Waals surface area contributed by atoms with E-state index < -0.39 is 4.92 Å². The van der Waals surface area contributed by atoms with Crippen molar-refractivity contribution in [2.24, 2.45) is 23.2 Å². The summed E-state index contributed by atoms with van der Waals surface area (Å²) in [6.07, 6.45) is 7.73. The van der Waals surface area contributed by atoms with E-state index in [4.69, 9.17) is 4.74 Å². The molecule has 2 N–H and O–H groups in total. The van der Waals surface area contributed by atoms with E-state index in [1.807, 2.05) is 0 Å². The second kappa shape index (κ2) is 7.94. The second-order valence-corrected chi connectivity index (χ2v) is 9.38. The van der Waals surface area contributed by atoms with Crippen LogP contribution >= 0.6 is 0 Å². The molecule has 4 bridgehead atoms. The van der Waals surface area contributed by atoms with E-state index in [2.05, 4.69) is 17.6 Å². The molecule has 7 heteroatoms. The van der Waals surface area contributed by atoms with Crippen LogP contribution in [-0.2, 0) is 4.74 Å². The number of nitro groups is 1. The number of ether oxygens (including phenoxy) is 1. The molecular formula is C22H31N3O4. The number of hydrogen-bond acceptors (Lipinski definition) is 5. The van der Waals surface area contributed by atoms with Crippen molar-refractivity contribution in [3.05, 3.63) is 33.9 Å². The summed E-state index contributed by atoms with van der Waals surface area (Å²) in [6.45, 7) is 3.04. The van der Waals surface area contributed by atoms with Crippen LogP contribution in [0.5, 0.6) is 0 Å². The SMILES string of the molecule is COCCNc1ccc(C(=O)N[C@@H](C)C23CC4CC(CC(C4)C2)C3)cc1[N+](=O)[O-]. The quantitative estimate of drug-likeness (QED) is 0.390. The Bertz CT molecular complexity index is 759. The van der Waals surface area contributed by atoms with E-state index in [1.165, 1.54) is 44.6 Å². The number of benzene rings is 1. The first-order valence-corrected chi connectivity index (χ1v) is 10.7. The average molecular weight is 402 g/mol. The lowest BCUT2D eigenvalue weighted by molar-refractivity contribution is -0.384. The highest BCUT2D eigenvalue weighted by atomic mass is 16.6. The van der Waals surface area contributed by atoms with Crippen LogP contribution in [0.25, 0.3) is 0 Å². The van der Waals surface area contributed by atoms with Gasteiger partial charge in [0.05, 0.1) is 11.5 Å². The maximum Gasteiger partial charge on any atom is 0.293 e. The van der Waals surface area contributed by atoms with Gasteiger partial charge in [-0.1, -0.05) is 0 Å². The number of methoxy groups -OCH3 is 1. The molecule has 0 spiro atoms. The summed E-state index contributed by atoms with van der Waals surface area (Å²) in [4.78, 5) is 24.0. The van der Waals surface area contributed by atoms with Gasteiger partial charge in [0.25, 0.3) is 11.6 Å². The summed E-state index contributed by atoms with van der Waals surface area (Å²) in [5.74, 6) is 2.23. The zero-order chi connectivity index (χ0) is 20.6. The highest BCUT2D eigenvalue weighted by Gasteiger charge is 2.53. The maximum atomic E-state index is 12.9. The Morgan fingerprint density at radius 3 is 2.41 bits per heavy atom. The van der Waals surface area contributed by atoms with Crippen LogP contribution in [0.1, 0.15) is 55.8 Å². The van der Waals surface area contributed by atoms with Gasteiger partial charge >= 0.3 is 0 Å². The molecule has 0 heterocycles. The molecule has 29 heavy (non-hydrogen) atoms. The van der Waals surface area contributed by atoms with Crippen LogP contribution in [0.3, 0.4) is 0 Å².